The second-order valence-electron chi connectivity index (χ2n) is 6.15. The first-order valence-electron chi connectivity index (χ1n) is 7.90. The second kappa shape index (κ2) is 6.24. The number of aryl methyl sites for hydroxylation is 2. The summed E-state index contributed by atoms with van der Waals surface area (Å²) in [5.74, 6) is 0.0890. The lowest BCUT2D eigenvalue weighted by Gasteiger charge is -2.33. The van der Waals surface area contributed by atoms with Crippen molar-refractivity contribution in [3.8, 4) is 5.13 Å². The van der Waals surface area contributed by atoms with E-state index in [1.165, 1.54) is 17.8 Å². The van der Waals surface area contributed by atoms with Crippen molar-refractivity contribution in [2.45, 2.75) is 53.0 Å². The normalized spacial score (nSPS) is 18.5. The van der Waals surface area contributed by atoms with E-state index in [0.29, 0.717) is 21.1 Å². The lowest BCUT2D eigenvalue weighted by Crippen LogP contribution is -2.41. The zero-order valence-corrected chi connectivity index (χ0v) is 15.5. The van der Waals surface area contributed by atoms with E-state index in [-0.39, 0.29) is 5.91 Å². The maximum atomic E-state index is 12.9. The quantitative estimate of drug-likeness (QED) is 0.823. The first-order chi connectivity index (χ1) is 10.9. The summed E-state index contributed by atoms with van der Waals surface area (Å²) < 4.78 is 1.73. The molecule has 1 aliphatic heterocycles. The Kier molecular flexibility index (Phi) is 4.47. The van der Waals surface area contributed by atoms with Crippen LogP contribution in [0.3, 0.4) is 0 Å². The van der Waals surface area contributed by atoms with E-state index >= 15 is 0 Å². The molecule has 0 aliphatic carbocycles. The molecule has 0 saturated carbocycles. The number of piperidine rings is 1. The summed E-state index contributed by atoms with van der Waals surface area (Å²) in [5, 5.41) is 5.77. The van der Waals surface area contributed by atoms with E-state index in [9.17, 15) is 4.79 Å². The number of thiazole rings is 1. The van der Waals surface area contributed by atoms with E-state index < -0.39 is 0 Å². The molecule has 124 valence electrons. The highest BCUT2D eigenvalue weighted by atomic mass is 35.5. The zero-order valence-electron chi connectivity index (χ0n) is 13.9. The fourth-order valence-corrected chi connectivity index (χ4v) is 4.16. The minimum absolute atomic E-state index is 0.0890. The molecule has 7 heteroatoms. The van der Waals surface area contributed by atoms with Crippen LogP contribution in [0, 0.1) is 20.8 Å². The molecule has 0 radical (unpaired) electrons. The van der Waals surface area contributed by atoms with Gasteiger partial charge in [0.1, 0.15) is 4.88 Å². The summed E-state index contributed by atoms with van der Waals surface area (Å²) in [6.07, 6.45) is 3.35. The number of carbonyl (C=O) groups is 1. The molecule has 3 rings (SSSR count). The van der Waals surface area contributed by atoms with Crippen molar-refractivity contribution in [3.05, 3.63) is 27.0 Å². The molecule has 0 aromatic carbocycles. The van der Waals surface area contributed by atoms with Gasteiger partial charge in [-0.15, -0.1) is 0 Å². The summed E-state index contributed by atoms with van der Waals surface area (Å²) in [5.41, 5.74) is 2.38. The third-order valence-electron chi connectivity index (χ3n) is 4.43. The minimum atomic E-state index is 0.0890. The molecular weight excluding hydrogens is 332 g/mol. The number of aromatic nitrogens is 3. The molecule has 1 atom stereocenters. The van der Waals surface area contributed by atoms with Gasteiger partial charge >= 0.3 is 0 Å². The molecule has 1 amide bonds. The average Bonchev–Trinajstić information content (AvgIpc) is 3.02. The third kappa shape index (κ3) is 2.90. The van der Waals surface area contributed by atoms with Crippen LogP contribution < -0.4 is 0 Å². The van der Waals surface area contributed by atoms with E-state index in [4.69, 9.17) is 11.6 Å². The Morgan fingerprint density at radius 3 is 2.61 bits per heavy atom. The van der Waals surface area contributed by atoms with Crippen LogP contribution in [0.4, 0.5) is 0 Å². The van der Waals surface area contributed by atoms with Gasteiger partial charge in [-0.05, 0) is 47.0 Å². The summed E-state index contributed by atoms with van der Waals surface area (Å²) >= 11 is 7.61. The molecular formula is C16H21ClN4OS. The van der Waals surface area contributed by atoms with Crippen LogP contribution in [0.1, 0.15) is 52.9 Å². The number of carbonyl (C=O) groups excluding carboxylic acids is 1. The third-order valence-corrected chi connectivity index (χ3v) is 6.10. The van der Waals surface area contributed by atoms with Crippen molar-refractivity contribution in [2.75, 3.05) is 6.54 Å². The van der Waals surface area contributed by atoms with E-state index in [1.807, 2.05) is 25.7 Å². The van der Waals surface area contributed by atoms with Crippen molar-refractivity contribution < 1.29 is 4.79 Å². The minimum Gasteiger partial charge on any atom is -0.335 e. The molecule has 2 aromatic rings. The largest absolute Gasteiger partial charge is 0.335 e. The van der Waals surface area contributed by atoms with E-state index in [0.717, 1.165) is 36.5 Å². The Hall–Kier alpha value is -1.40. The van der Waals surface area contributed by atoms with Crippen LogP contribution >= 0.6 is 22.9 Å². The Morgan fingerprint density at radius 1 is 1.26 bits per heavy atom. The van der Waals surface area contributed by atoms with Crippen molar-refractivity contribution in [1.29, 1.82) is 0 Å². The lowest BCUT2D eigenvalue weighted by atomic mass is 10.0. The predicted octanol–water partition coefficient (Wildman–Crippen LogP) is 3.92. The van der Waals surface area contributed by atoms with Gasteiger partial charge in [0.05, 0.1) is 22.1 Å². The smallest absolute Gasteiger partial charge is 0.266 e. The fraction of sp³-hybridized carbons (Fsp3) is 0.562. The van der Waals surface area contributed by atoms with Gasteiger partial charge in [0.2, 0.25) is 5.13 Å². The molecule has 0 bridgehead atoms. The van der Waals surface area contributed by atoms with Crippen molar-refractivity contribution in [1.82, 2.24) is 19.7 Å². The molecule has 3 heterocycles. The zero-order chi connectivity index (χ0) is 16.7. The monoisotopic (exact) mass is 352 g/mol. The first kappa shape index (κ1) is 16.5. The van der Waals surface area contributed by atoms with Gasteiger partial charge < -0.3 is 4.90 Å². The molecule has 1 aliphatic rings. The number of likely N-dealkylation sites (tertiary alicyclic amines) is 1. The van der Waals surface area contributed by atoms with Gasteiger partial charge in [0.25, 0.3) is 5.91 Å². The molecule has 1 fully saturated rings. The number of rotatable bonds is 2. The van der Waals surface area contributed by atoms with Gasteiger partial charge in [-0.1, -0.05) is 22.9 Å². The lowest BCUT2D eigenvalue weighted by molar-refractivity contribution is 0.0639. The van der Waals surface area contributed by atoms with Crippen LogP contribution in [0.5, 0.6) is 0 Å². The van der Waals surface area contributed by atoms with Crippen LogP contribution in [-0.2, 0) is 0 Å². The average molecular weight is 353 g/mol. The van der Waals surface area contributed by atoms with Crippen molar-refractivity contribution >= 4 is 28.8 Å². The molecule has 0 N–H and O–H groups in total. The van der Waals surface area contributed by atoms with Gasteiger partial charge in [-0.25, -0.2) is 9.67 Å². The van der Waals surface area contributed by atoms with Crippen molar-refractivity contribution in [2.24, 2.45) is 0 Å². The Morgan fingerprint density at radius 2 is 2.00 bits per heavy atom. The van der Waals surface area contributed by atoms with E-state index in [2.05, 4.69) is 17.0 Å². The molecule has 5 nitrogen and oxygen atoms in total. The van der Waals surface area contributed by atoms with Crippen LogP contribution in [0.15, 0.2) is 0 Å². The second-order valence-corrected chi connectivity index (χ2v) is 7.51. The van der Waals surface area contributed by atoms with Gasteiger partial charge in [0.15, 0.2) is 0 Å². The highest BCUT2D eigenvalue weighted by molar-refractivity contribution is 7.16. The van der Waals surface area contributed by atoms with Crippen LogP contribution in [0.25, 0.3) is 5.13 Å². The fourth-order valence-electron chi connectivity index (χ4n) is 3.01. The van der Waals surface area contributed by atoms with E-state index in [1.54, 1.807) is 4.68 Å². The first-order valence-corrected chi connectivity index (χ1v) is 9.10. The maximum absolute atomic E-state index is 12.9. The highest BCUT2D eigenvalue weighted by Crippen LogP contribution is 2.29. The Balaban J connectivity index is 1.94. The number of amides is 1. The van der Waals surface area contributed by atoms with Gasteiger partial charge in [-0.3, -0.25) is 4.79 Å². The predicted molar refractivity (Wildman–Crippen MR) is 92.8 cm³/mol. The highest BCUT2D eigenvalue weighted by Gasteiger charge is 2.28. The SMILES string of the molecule is Cc1nc(-n2nc(C)c(Cl)c2C)sc1C(=O)N1CCCCC1C. The standard InChI is InChI=1S/C16H21ClN4OS/c1-9-7-5-6-8-20(9)15(22)14-11(3)18-16(23-14)21-12(4)13(17)10(2)19-21/h9H,5-8H2,1-4H3. The summed E-state index contributed by atoms with van der Waals surface area (Å²) in [7, 11) is 0. The molecule has 1 unspecified atom stereocenters. The number of nitrogens with zero attached hydrogens (tertiary/aromatic N) is 4. The topological polar surface area (TPSA) is 51.0 Å². The molecule has 23 heavy (non-hydrogen) atoms. The summed E-state index contributed by atoms with van der Waals surface area (Å²) in [6, 6.07) is 0.296. The maximum Gasteiger partial charge on any atom is 0.266 e. The number of hydrogen-bond acceptors (Lipinski definition) is 4. The number of hydrogen-bond donors (Lipinski definition) is 0. The molecule has 1 saturated heterocycles. The molecule has 2 aromatic heterocycles. The number of halogens is 1. The molecule has 0 spiro atoms. The Labute approximate surface area is 145 Å². The van der Waals surface area contributed by atoms with Crippen molar-refractivity contribution in [3.63, 3.8) is 0 Å². The van der Waals surface area contributed by atoms with Gasteiger partial charge in [-0.2, -0.15) is 5.10 Å². The Bertz CT molecular complexity index is 752. The van der Waals surface area contributed by atoms with Gasteiger partial charge in [0, 0.05) is 12.6 Å². The van der Waals surface area contributed by atoms with Crippen LogP contribution in [-0.4, -0.2) is 38.2 Å². The summed E-state index contributed by atoms with van der Waals surface area (Å²) in [4.78, 5) is 20.1. The van der Waals surface area contributed by atoms with Crippen LogP contribution in [0.2, 0.25) is 5.02 Å². The summed E-state index contributed by atoms with van der Waals surface area (Å²) in [6.45, 7) is 8.61.